The van der Waals surface area contributed by atoms with Gasteiger partial charge in [0.25, 0.3) is 0 Å². The van der Waals surface area contributed by atoms with Crippen LogP contribution in [-0.4, -0.2) is 58.3 Å². The van der Waals surface area contributed by atoms with Crippen molar-refractivity contribution < 1.29 is 19.0 Å². The minimum Gasteiger partial charge on any atom is -0.460 e. The molecule has 0 aromatic heterocycles. The Morgan fingerprint density at radius 1 is 1.11 bits per heavy atom. The summed E-state index contributed by atoms with van der Waals surface area (Å²) in [6, 6.07) is 0. The van der Waals surface area contributed by atoms with Crippen LogP contribution in [-0.2, 0) is 19.0 Å². The lowest BCUT2D eigenvalue weighted by molar-refractivity contribution is -0.146. The zero-order valence-corrected chi connectivity index (χ0v) is 12.4. The van der Waals surface area contributed by atoms with Gasteiger partial charge in [0.2, 0.25) is 0 Å². The number of ether oxygens (including phenoxy) is 3. The molecule has 0 amide bonds. The average Bonchev–Trinajstić information content (AvgIpc) is 2.37. The minimum absolute atomic E-state index is 0.191. The molecular weight excluding hydrogens is 248 g/mol. The van der Waals surface area contributed by atoms with Crippen molar-refractivity contribution in [3.63, 3.8) is 0 Å². The van der Waals surface area contributed by atoms with Crippen molar-refractivity contribution in [1.29, 1.82) is 0 Å². The van der Waals surface area contributed by atoms with E-state index >= 15 is 0 Å². The van der Waals surface area contributed by atoms with Gasteiger partial charge in [-0.05, 0) is 13.3 Å². The second-order valence-electron chi connectivity index (χ2n) is 4.14. The standard InChI is InChI=1S/C13H28N2O4/c1-4-7-18-8-6-14-9-13(19-12(3)16)10-15-11-17-5-2/h13-15H,4-11H2,1-3H3. The van der Waals surface area contributed by atoms with Crippen molar-refractivity contribution in [1.82, 2.24) is 10.6 Å². The van der Waals surface area contributed by atoms with Gasteiger partial charge in [0.1, 0.15) is 6.10 Å². The summed E-state index contributed by atoms with van der Waals surface area (Å²) in [6.45, 7) is 9.95. The lowest BCUT2D eigenvalue weighted by Gasteiger charge is -2.18. The van der Waals surface area contributed by atoms with Crippen molar-refractivity contribution in [3.8, 4) is 0 Å². The molecule has 6 nitrogen and oxygen atoms in total. The van der Waals surface area contributed by atoms with Gasteiger partial charge in [-0.25, -0.2) is 0 Å². The molecule has 0 saturated carbocycles. The van der Waals surface area contributed by atoms with Gasteiger partial charge in [0, 0.05) is 39.8 Å². The third kappa shape index (κ3) is 13.5. The first-order valence-electron chi connectivity index (χ1n) is 6.94. The number of nitrogens with one attached hydrogen (secondary N) is 2. The molecule has 19 heavy (non-hydrogen) atoms. The second kappa shape index (κ2) is 13.7. The van der Waals surface area contributed by atoms with Crippen LogP contribution < -0.4 is 10.6 Å². The molecule has 0 rings (SSSR count). The van der Waals surface area contributed by atoms with Gasteiger partial charge in [-0.2, -0.15) is 0 Å². The molecule has 0 aromatic rings. The largest absolute Gasteiger partial charge is 0.460 e. The van der Waals surface area contributed by atoms with E-state index < -0.39 is 0 Å². The first-order valence-corrected chi connectivity index (χ1v) is 6.94. The summed E-state index contributed by atoms with van der Waals surface area (Å²) >= 11 is 0. The smallest absolute Gasteiger partial charge is 0.302 e. The van der Waals surface area contributed by atoms with E-state index in [-0.39, 0.29) is 12.1 Å². The molecule has 0 aromatic carbocycles. The molecule has 0 bridgehead atoms. The van der Waals surface area contributed by atoms with Crippen molar-refractivity contribution in [2.45, 2.75) is 33.3 Å². The van der Waals surface area contributed by atoms with Crippen LogP contribution in [0.1, 0.15) is 27.2 Å². The third-order valence-corrected chi connectivity index (χ3v) is 2.26. The summed E-state index contributed by atoms with van der Waals surface area (Å²) in [5.41, 5.74) is 0. The number of carbonyl (C=O) groups is 1. The topological polar surface area (TPSA) is 68.8 Å². The van der Waals surface area contributed by atoms with Crippen LogP contribution in [0.25, 0.3) is 0 Å². The Labute approximate surface area is 116 Å². The maximum atomic E-state index is 11.0. The molecule has 1 atom stereocenters. The fraction of sp³-hybridized carbons (Fsp3) is 0.923. The van der Waals surface area contributed by atoms with Crippen LogP contribution >= 0.6 is 0 Å². The van der Waals surface area contributed by atoms with Crippen LogP contribution in [0.3, 0.4) is 0 Å². The van der Waals surface area contributed by atoms with Gasteiger partial charge in [-0.3, -0.25) is 10.1 Å². The monoisotopic (exact) mass is 276 g/mol. The van der Waals surface area contributed by atoms with Crippen LogP contribution in [0.5, 0.6) is 0 Å². The quantitative estimate of drug-likeness (QED) is 0.290. The zero-order valence-electron chi connectivity index (χ0n) is 12.4. The molecule has 0 fully saturated rings. The average molecular weight is 276 g/mol. The number of carbonyl (C=O) groups excluding carboxylic acids is 1. The van der Waals surface area contributed by atoms with Crippen molar-refractivity contribution in [2.24, 2.45) is 0 Å². The molecule has 0 spiro atoms. The van der Waals surface area contributed by atoms with Gasteiger partial charge in [0.05, 0.1) is 13.3 Å². The fourth-order valence-electron chi connectivity index (χ4n) is 1.44. The Kier molecular flexibility index (Phi) is 13.2. The molecular formula is C13H28N2O4. The lowest BCUT2D eigenvalue weighted by Crippen LogP contribution is -2.40. The summed E-state index contributed by atoms with van der Waals surface area (Å²) in [6.07, 6.45) is 0.835. The maximum Gasteiger partial charge on any atom is 0.302 e. The van der Waals surface area contributed by atoms with Gasteiger partial charge < -0.3 is 19.5 Å². The van der Waals surface area contributed by atoms with Crippen LogP contribution in [0.15, 0.2) is 0 Å². The molecule has 0 radical (unpaired) electrons. The van der Waals surface area contributed by atoms with E-state index in [1.54, 1.807) is 0 Å². The van der Waals surface area contributed by atoms with Gasteiger partial charge in [0.15, 0.2) is 0 Å². The summed E-state index contributed by atoms with van der Waals surface area (Å²) in [5, 5.41) is 6.29. The van der Waals surface area contributed by atoms with E-state index in [1.807, 2.05) is 6.92 Å². The van der Waals surface area contributed by atoms with Gasteiger partial charge in [-0.15, -0.1) is 0 Å². The molecule has 0 saturated heterocycles. The first kappa shape index (κ1) is 18.3. The summed E-state index contributed by atoms with van der Waals surface area (Å²) in [5.74, 6) is -0.271. The van der Waals surface area contributed by atoms with Crippen LogP contribution in [0.2, 0.25) is 0 Å². The van der Waals surface area contributed by atoms with E-state index in [4.69, 9.17) is 14.2 Å². The Bertz CT molecular complexity index is 215. The lowest BCUT2D eigenvalue weighted by atomic mass is 10.3. The van der Waals surface area contributed by atoms with Crippen LogP contribution in [0.4, 0.5) is 0 Å². The summed E-state index contributed by atoms with van der Waals surface area (Å²) < 4.78 is 15.7. The molecule has 1 unspecified atom stereocenters. The zero-order chi connectivity index (χ0) is 14.3. The summed E-state index contributed by atoms with van der Waals surface area (Å²) in [4.78, 5) is 11.0. The first-order chi connectivity index (χ1) is 9.20. The third-order valence-electron chi connectivity index (χ3n) is 2.26. The van der Waals surface area contributed by atoms with E-state index in [2.05, 4.69) is 17.6 Å². The SMILES string of the molecule is CCCOCCNCC(CNCOCC)OC(C)=O. The van der Waals surface area contributed by atoms with Crippen molar-refractivity contribution >= 4 is 5.97 Å². The van der Waals surface area contributed by atoms with E-state index in [9.17, 15) is 4.79 Å². The van der Waals surface area contributed by atoms with Gasteiger partial charge >= 0.3 is 5.97 Å². The molecule has 0 aliphatic rings. The highest BCUT2D eigenvalue weighted by Gasteiger charge is 2.10. The highest BCUT2D eigenvalue weighted by Crippen LogP contribution is 1.90. The number of hydrogen-bond donors (Lipinski definition) is 2. The Morgan fingerprint density at radius 2 is 1.84 bits per heavy atom. The van der Waals surface area contributed by atoms with E-state index in [1.165, 1.54) is 6.92 Å². The highest BCUT2D eigenvalue weighted by atomic mass is 16.5. The fourth-order valence-corrected chi connectivity index (χ4v) is 1.44. The number of esters is 1. The Balaban J connectivity index is 3.64. The molecule has 114 valence electrons. The molecule has 6 heteroatoms. The maximum absolute atomic E-state index is 11.0. The number of rotatable bonds is 13. The molecule has 0 aliphatic heterocycles. The highest BCUT2D eigenvalue weighted by molar-refractivity contribution is 5.66. The van der Waals surface area contributed by atoms with Crippen LogP contribution in [0, 0.1) is 0 Å². The Hall–Kier alpha value is -0.690. The predicted molar refractivity (Wildman–Crippen MR) is 74.0 cm³/mol. The molecule has 0 heterocycles. The predicted octanol–water partition coefficient (Wildman–Crippen LogP) is 0.518. The summed E-state index contributed by atoms with van der Waals surface area (Å²) in [7, 11) is 0. The van der Waals surface area contributed by atoms with Crippen molar-refractivity contribution in [3.05, 3.63) is 0 Å². The number of hydrogen-bond acceptors (Lipinski definition) is 6. The second-order valence-corrected chi connectivity index (χ2v) is 4.14. The van der Waals surface area contributed by atoms with Gasteiger partial charge in [-0.1, -0.05) is 6.92 Å². The van der Waals surface area contributed by atoms with E-state index in [0.29, 0.717) is 33.0 Å². The minimum atomic E-state index is -0.271. The van der Waals surface area contributed by atoms with Crippen molar-refractivity contribution in [2.75, 3.05) is 46.2 Å². The molecule has 0 aliphatic carbocycles. The Morgan fingerprint density at radius 3 is 2.47 bits per heavy atom. The molecule has 2 N–H and O–H groups in total. The normalized spacial score (nSPS) is 12.4. The van der Waals surface area contributed by atoms with E-state index in [0.717, 1.165) is 19.6 Å².